The van der Waals surface area contributed by atoms with Crippen molar-refractivity contribution in [2.75, 3.05) is 26.9 Å². The molecule has 0 spiro atoms. The van der Waals surface area contributed by atoms with E-state index in [-0.39, 0.29) is 37.1 Å². The average molecular weight is 477 g/mol. The summed E-state index contributed by atoms with van der Waals surface area (Å²) in [5.41, 5.74) is -0.925. The molecule has 33 heavy (non-hydrogen) atoms. The summed E-state index contributed by atoms with van der Waals surface area (Å²) in [5.74, 6) is -0.0825. The normalized spacial score (nSPS) is 19.7. The number of carbonyl (C=O) groups excluding carboxylic acids is 1. The Kier molecular flexibility index (Phi) is 6.50. The second-order valence-electron chi connectivity index (χ2n) is 8.51. The summed E-state index contributed by atoms with van der Waals surface area (Å²) >= 11 is 1.30. The molecule has 3 aromatic rings. The van der Waals surface area contributed by atoms with Crippen LogP contribution >= 0.6 is 11.3 Å². The van der Waals surface area contributed by atoms with Crippen LogP contribution in [0.25, 0.3) is 15.2 Å². The minimum atomic E-state index is -0.837. The first-order valence-electron chi connectivity index (χ1n) is 10.8. The highest BCUT2D eigenvalue weighted by Gasteiger charge is 2.36. The smallest absolute Gasteiger partial charge is 0.332 e. The van der Waals surface area contributed by atoms with E-state index >= 15 is 0 Å². The van der Waals surface area contributed by atoms with Crippen LogP contribution in [0.3, 0.4) is 0 Å². The van der Waals surface area contributed by atoms with Crippen molar-refractivity contribution in [3.8, 4) is 5.00 Å². The van der Waals surface area contributed by atoms with Gasteiger partial charge in [0.1, 0.15) is 9.83 Å². The van der Waals surface area contributed by atoms with Crippen LogP contribution in [0.5, 0.6) is 0 Å². The van der Waals surface area contributed by atoms with Crippen molar-refractivity contribution >= 4 is 27.5 Å². The third-order valence-electron chi connectivity index (χ3n) is 6.01. The first-order valence-corrected chi connectivity index (χ1v) is 11.6. The monoisotopic (exact) mass is 476 g/mol. The number of aromatic nitrogens is 5. The maximum absolute atomic E-state index is 13.8. The molecule has 1 saturated heterocycles. The van der Waals surface area contributed by atoms with E-state index in [1.807, 2.05) is 20.8 Å². The van der Waals surface area contributed by atoms with Gasteiger partial charge in [-0.2, -0.15) is 10.2 Å². The van der Waals surface area contributed by atoms with E-state index in [4.69, 9.17) is 9.47 Å². The Morgan fingerprint density at radius 2 is 1.97 bits per heavy atom. The fourth-order valence-corrected chi connectivity index (χ4v) is 5.38. The van der Waals surface area contributed by atoms with Crippen LogP contribution in [0.4, 0.5) is 0 Å². The predicted octanol–water partition coefficient (Wildman–Crippen LogP) is 0.791. The van der Waals surface area contributed by atoms with Gasteiger partial charge in [-0.1, -0.05) is 11.3 Å². The Bertz CT molecular complexity index is 1270. The summed E-state index contributed by atoms with van der Waals surface area (Å²) in [5, 5.41) is 12.3. The zero-order chi connectivity index (χ0) is 23.8. The Labute approximate surface area is 193 Å². The number of nitrogens with zero attached hydrogens (tertiary/aromatic N) is 5. The number of hydrogen-bond donors (Lipinski definition) is 1. The van der Waals surface area contributed by atoms with Gasteiger partial charge in [-0.25, -0.2) is 4.79 Å². The highest BCUT2D eigenvalue weighted by molar-refractivity contribution is 7.21. The van der Waals surface area contributed by atoms with Gasteiger partial charge >= 0.3 is 5.69 Å². The lowest BCUT2D eigenvalue weighted by Gasteiger charge is -2.35. The number of ether oxygens (including phenoxy) is 2. The number of carbonyl (C=O) groups is 1. The molecule has 1 N–H and O–H groups in total. The molecule has 4 rings (SSSR count). The van der Waals surface area contributed by atoms with Crippen molar-refractivity contribution in [3.05, 3.63) is 38.8 Å². The van der Waals surface area contributed by atoms with Crippen molar-refractivity contribution < 1.29 is 14.3 Å². The largest absolute Gasteiger partial charge is 0.382 e. The lowest BCUT2D eigenvalue weighted by Crippen LogP contribution is -2.57. The fraction of sp³-hybridized carbons (Fsp3) is 0.571. The summed E-state index contributed by atoms with van der Waals surface area (Å²) in [6, 6.07) is 0. The van der Waals surface area contributed by atoms with E-state index in [2.05, 4.69) is 15.5 Å². The van der Waals surface area contributed by atoms with Crippen molar-refractivity contribution in [3.63, 3.8) is 0 Å². The number of piperidine rings is 1. The maximum atomic E-state index is 13.8. The number of methoxy groups -OCH3 is 1. The summed E-state index contributed by atoms with van der Waals surface area (Å²) in [7, 11) is 1.60. The molecule has 11 nitrogen and oxygen atoms in total. The fourth-order valence-electron chi connectivity index (χ4n) is 4.17. The second-order valence-corrected chi connectivity index (χ2v) is 9.49. The van der Waals surface area contributed by atoms with Crippen LogP contribution in [0.15, 0.2) is 22.0 Å². The molecule has 0 aromatic carbocycles. The molecule has 0 aliphatic carbocycles. The van der Waals surface area contributed by atoms with E-state index < -0.39 is 11.2 Å². The van der Waals surface area contributed by atoms with Crippen molar-refractivity contribution in [1.82, 2.24) is 29.4 Å². The van der Waals surface area contributed by atoms with Gasteiger partial charge in [0.2, 0.25) is 5.91 Å². The lowest BCUT2D eigenvalue weighted by molar-refractivity contribution is -0.123. The highest BCUT2D eigenvalue weighted by atomic mass is 32.1. The van der Waals surface area contributed by atoms with Gasteiger partial charge in [-0.05, 0) is 27.2 Å². The highest BCUT2D eigenvalue weighted by Crippen LogP contribution is 2.31. The second kappa shape index (κ2) is 9.20. The Hall–Kier alpha value is -2.83. The van der Waals surface area contributed by atoms with E-state index in [9.17, 15) is 14.4 Å². The Morgan fingerprint density at radius 3 is 2.61 bits per heavy atom. The molecule has 1 unspecified atom stereocenters. The Balaban J connectivity index is 1.91. The standard InChI is InChI=1S/C21H28N6O5S/c1-13(32-10-9-31-4)11-25-19-16(14(2)18(33-19)27-23-7-8-24-27)17(29)26(20(25)30)21(3)6-5-15(28)22-12-21/h7-8,13H,5-6,9-12H2,1-4H3,(H,22,28)/t13-,21?/m1/s1. The van der Waals surface area contributed by atoms with Crippen molar-refractivity contribution in [2.45, 2.75) is 51.8 Å². The van der Waals surface area contributed by atoms with Crippen LogP contribution in [-0.2, 0) is 26.4 Å². The summed E-state index contributed by atoms with van der Waals surface area (Å²) in [6.07, 6.45) is 3.48. The van der Waals surface area contributed by atoms with E-state index in [1.54, 1.807) is 24.1 Å². The minimum Gasteiger partial charge on any atom is -0.382 e. The number of aryl methyl sites for hydroxylation is 1. The van der Waals surface area contributed by atoms with Gasteiger partial charge in [0.15, 0.2) is 0 Å². The SMILES string of the molecule is COCCO[C@H](C)Cn1c(=O)n(C2(C)CCC(=O)NC2)c(=O)c2c(C)c(-n3nccn3)sc21. The molecule has 12 heteroatoms. The molecule has 178 valence electrons. The topological polar surface area (TPSA) is 122 Å². The van der Waals surface area contributed by atoms with Crippen LogP contribution in [0.2, 0.25) is 0 Å². The number of amides is 1. The van der Waals surface area contributed by atoms with E-state index in [0.29, 0.717) is 40.4 Å². The van der Waals surface area contributed by atoms with Gasteiger partial charge < -0.3 is 14.8 Å². The van der Waals surface area contributed by atoms with Gasteiger partial charge in [-0.15, -0.1) is 4.80 Å². The molecular weight excluding hydrogens is 448 g/mol. The predicted molar refractivity (Wildman–Crippen MR) is 123 cm³/mol. The first-order chi connectivity index (χ1) is 15.8. The maximum Gasteiger partial charge on any atom is 0.332 e. The third-order valence-corrected chi connectivity index (χ3v) is 7.29. The van der Waals surface area contributed by atoms with Crippen molar-refractivity contribution in [1.29, 1.82) is 0 Å². The Morgan fingerprint density at radius 1 is 1.24 bits per heavy atom. The first kappa shape index (κ1) is 23.3. The number of hydrogen-bond acceptors (Lipinski definition) is 8. The molecule has 1 amide bonds. The number of rotatable bonds is 8. The molecule has 2 atom stereocenters. The van der Waals surface area contributed by atoms with Crippen LogP contribution in [0.1, 0.15) is 32.3 Å². The lowest BCUT2D eigenvalue weighted by atomic mass is 9.91. The van der Waals surface area contributed by atoms with Crippen LogP contribution < -0.4 is 16.6 Å². The molecule has 0 bridgehead atoms. The summed E-state index contributed by atoms with van der Waals surface area (Å²) < 4.78 is 13.7. The number of fused-ring (bicyclic) bond motifs is 1. The van der Waals surface area contributed by atoms with Crippen molar-refractivity contribution in [2.24, 2.45) is 0 Å². The summed E-state index contributed by atoms with van der Waals surface area (Å²) in [4.78, 5) is 41.3. The molecule has 0 radical (unpaired) electrons. The zero-order valence-corrected chi connectivity index (χ0v) is 20.0. The van der Waals surface area contributed by atoms with Gasteiger partial charge in [-0.3, -0.25) is 18.7 Å². The third kappa shape index (κ3) is 4.25. The molecule has 0 saturated carbocycles. The van der Waals surface area contributed by atoms with Gasteiger partial charge in [0, 0.05) is 25.6 Å². The van der Waals surface area contributed by atoms with Gasteiger partial charge in [0.25, 0.3) is 5.56 Å². The molecular formula is C21H28N6O5S. The van der Waals surface area contributed by atoms with Crippen LogP contribution in [0, 0.1) is 6.92 Å². The number of nitrogens with one attached hydrogen (secondary N) is 1. The summed E-state index contributed by atoms with van der Waals surface area (Å²) in [6.45, 7) is 6.85. The number of thiophene rings is 1. The van der Waals surface area contributed by atoms with E-state index in [1.165, 1.54) is 20.7 Å². The molecule has 1 aliphatic heterocycles. The zero-order valence-electron chi connectivity index (χ0n) is 19.2. The minimum absolute atomic E-state index is 0.0825. The molecule has 1 fully saturated rings. The quantitative estimate of drug-likeness (QED) is 0.477. The average Bonchev–Trinajstić information content (AvgIpc) is 3.42. The molecule has 4 heterocycles. The molecule has 3 aromatic heterocycles. The van der Waals surface area contributed by atoms with E-state index in [0.717, 1.165) is 0 Å². The van der Waals surface area contributed by atoms with Gasteiger partial charge in [0.05, 0.1) is 49.2 Å². The van der Waals surface area contributed by atoms with Crippen LogP contribution in [-0.4, -0.2) is 63.0 Å². The molecule has 1 aliphatic rings.